The molecule has 1 amide bonds. The van der Waals surface area contributed by atoms with Crippen LogP contribution >= 0.6 is 24.0 Å². The summed E-state index contributed by atoms with van der Waals surface area (Å²) in [6, 6.07) is 5.93. The minimum absolute atomic E-state index is 0.166. The number of carbonyl (C=O) groups is 1. The van der Waals surface area contributed by atoms with Crippen LogP contribution in [-0.4, -0.2) is 30.2 Å². The van der Waals surface area contributed by atoms with E-state index in [1.165, 1.54) is 0 Å². The third-order valence-corrected chi connectivity index (χ3v) is 4.16. The third kappa shape index (κ3) is 3.86. The highest BCUT2D eigenvalue weighted by atomic mass is 32.2. The molecule has 1 aliphatic carbocycles. The van der Waals surface area contributed by atoms with E-state index >= 15 is 0 Å². The van der Waals surface area contributed by atoms with Gasteiger partial charge in [0.25, 0.3) is 0 Å². The van der Waals surface area contributed by atoms with E-state index in [2.05, 4.69) is 10.6 Å². The van der Waals surface area contributed by atoms with E-state index in [1.54, 1.807) is 11.8 Å². The van der Waals surface area contributed by atoms with Gasteiger partial charge < -0.3 is 16.4 Å². The van der Waals surface area contributed by atoms with Crippen molar-refractivity contribution in [2.75, 3.05) is 24.7 Å². The molecule has 2 rings (SSSR count). The Kier molecular flexibility index (Phi) is 5.25. The lowest BCUT2D eigenvalue weighted by molar-refractivity contribution is -0.122. The highest BCUT2D eigenvalue weighted by Crippen LogP contribution is 2.29. The minimum atomic E-state index is 0.166. The Bertz CT molecular complexity index is 515. The predicted octanol–water partition coefficient (Wildman–Crippen LogP) is 1.98. The second-order valence-electron chi connectivity index (χ2n) is 4.74. The number of anilines is 1. The first-order chi connectivity index (χ1) is 9.63. The van der Waals surface area contributed by atoms with Crippen LogP contribution in [0.3, 0.4) is 0 Å². The number of amides is 1. The summed E-state index contributed by atoms with van der Waals surface area (Å²) in [6.45, 7) is 1.27. The lowest BCUT2D eigenvalue weighted by Crippen LogP contribution is -2.30. The predicted molar refractivity (Wildman–Crippen MR) is 88.3 cm³/mol. The highest BCUT2D eigenvalue weighted by molar-refractivity contribution is 7.98. The molecule has 0 heterocycles. The number of benzene rings is 1. The molecule has 0 spiro atoms. The van der Waals surface area contributed by atoms with Gasteiger partial charge >= 0.3 is 0 Å². The van der Waals surface area contributed by atoms with Crippen molar-refractivity contribution >= 4 is 40.6 Å². The van der Waals surface area contributed by atoms with E-state index < -0.39 is 0 Å². The number of carbonyl (C=O) groups excluding carboxylic acids is 1. The van der Waals surface area contributed by atoms with Crippen LogP contribution in [0.5, 0.6) is 0 Å². The molecule has 1 saturated carbocycles. The maximum absolute atomic E-state index is 11.5. The van der Waals surface area contributed by atoms with E-state index in [0.29, 0.717) is 18.1 Å². The highest BCUT2D eigenvalue weighted by Gasteiger charge is 2.28. The SMILES string of the molecule is CSc1cccc(NCCNC(=O)C2CC2)c1C(N)=S. The Hall–Kier alpha value is -1.27. The number of thioether (sulfide) groups is 1. The summed E-state index contributed by atoms with van der Waals surface area (Å²) in [7, 11) is 0. The van der Waals surface area contributed by atoms with Gasteiger partial charge in [-0.2, -0.15) is 0 Å². The van der Waals surface area contributed by atoms with Gasteiger partial charge in [-0.1, -0.05) is 18.3 Å². The van der Waals surface area contributed by atoms with Gasteiger partial charge in [-0.25, -0.2) is 0 Å². The average Bonchev–Trinajstić information content (AvgIpc) is 3.27. The van der Waals surface area contributed by atoms with Gasteiger partial charge in [-0.3, -0.25) is 4.79 Å². The van der Waals surface area contributed by atoms with Crippen molar-refractivity contribution in [2.45, 2.75) is 17.7 Å². The molecular formula is C14H19N3OS2. The fourth-order valence-corrected chi connectivity index (χ4v) is 2.90. The van der Waals surface area contributed by atoms with Crippen molar-refractivity contribution in [3.63, 3.8) is 0 Å². The van der Waals surface area contributed by atoms with Gasteiger partial charge in [0.05, 0.1) is 0 Å². The summed E-state index contributed by atoms with van der Waals surface area (Å²) in [5.74, 6) is 0.418. The number of hydrogen-bond acceptors (Lipinski definition) is 4. The van der Waals surface area contributed by atoms with Crippen molar-refractivity contribution < 1.29 is 4.79 Å². The van der Waals surface area contributed by atoms with E-state index in [1.807, 2.05) is 24.5 Å². The smallest absolute Gasteiger partial charge is 0.223 e. The zero-order chi connectivity index (χ0) is 14.5. The Balaban J connectivity index is 1.91. The summed E-state index contributed by atoms with van der Waals surface area (Å²) in [4.78, 5) is 13.0. The van der Waals surface area contributed by atoms with E-state index in [9.17, 15) is 4.79 Å². The molecule has 20 heavy (non-hydrogen) atoms. The molecule has 0 atom stereocenters. The molecule has 0 aromatic heterocycles. The molecule has 6 heteroatoms. The summed E-state index contributed by atoms with van der Waals surface area (Å²) in [6.07, 6.45) is 4.05. The summed E-state index contributed by atoms with van der Waals surface area (Å²) in [5, 5.41) is 6.21. The van der Waals surface area contributed by atoms with Gasteiger partial charge in [0.1, 0.15) is 4.99 Å². The van der Waals surface area contributed by atoms with Crippen LogP contribution in [0.2, 0.25) is 0 Å². The molecule has 0 saturated heterocycles. The van der Waals surface area contributed by atoms with Gasteiger partial charge in [0.2, 0.25) is 5.91 Å². The standard InChI is InChI=1S/C14H19N3OS2/c1-20-11-4-2-3-10(12(11)13(15)19)16-7-8-17-14(18)9-5-6-9/h2-4,9,16H,5-8H2,1H3,(H2,15,19)(H,17,18). The molecule has 0 aliphatic heterocycles. The first kappa shape index (κ1) is 15.1. The number of nitrogens with two attached hydrogens (primary N) is 1. The number of hydrogen-bond donors (Lipinski definition) is 3. The van der Waals surface area contributed by atoms with Crippen molar-refractivity contribution in [2.24, 2.45) is 11.7 Å². The second-order valence-corrected chi connectivity index (χ2v) is 6.03. The van der Waals surface area contributed by atoms with Crippen molar-refractivity contribution in [1.29, 1.82) is 0 Å². The van der Waals surface area contributed by atoms with Crippen LogP contribution in [0.15, 0.2) is 23.1 Å². The van der Waals surface area contributed by atoms with Crippen LogP contribution in [0.25, 0.3) is 0 Å². The average molecular weight is 309 g/mol. The fourth-order valence-electron chi connectivity index (χ4n) is 1.98. The molecular weight excluding hydrogens is 290 g/mol. The van der Waals surface area contributed by atoms with E-state index in [-0.39, 0.29) is 11.8 Å². The zero-order valence-electron chi connectivity index (χ0n) is 11.4. The molecule has 0 bridgehead atoms. The molecule has 1 aliphatic rings. The van der Waals surface area contributed by atoms with Crippen LogP contribution in [0.1, 0.15) is 18.4 Å². The topological polar surface area (TPSA) is 67.1 Å². The zero-order valence-corrected chi connectivity index (χ0v) is 13.1. The van der Waals surface area contributed by atoms with E-state index in [4.69, 9.17) is 18.0 Å². The van der Waals surface area contributed by atoms with Crippen LogP contribution in [-0.2, 0) is 4.79 Å². The fraction of sp³-hybridized carbons (Fsp3) is 0.429. The molecule has 4 N–H and O–H groups in total. The monoisotopic (exact) mass is 309 g/mol. The molecule has 108 valence electrons. The van der Waals surface area contributed by atoms with E-state index in [0.717, 1.165) is 29.0 Å². The third-order valence-electron chi connectivity index (χ3n) is 3.18. The molecule has 0 radical (unpaired) electrons. The second kappa shape index (κ2) is 6.95. The molecule has 1 aromatic carbocycles. The molecule has 4 nitrogen and oxygen atoms in total. The molecule has 1 fully saturated rings. The Morgan fingerprint density at radius 3 is 2.80 bits per heavy atom. The van der Waals surface area contributed by atoms with Crippen molar-refractivity contribution in [3.05, 3.63) is 23.8 Å². The Morgan fingerprint density at radius 1 is 1.45 bits per heavy atom. The van der Waals surface area contributed by atoms with Gasteiger partial charge in [-0.15, -0.1) is 11.8 Å². The van der Waals surface area contributed by atoms with Crippen molar-refractivity contribution in [1.82, 2.24) is 5.32 Å². The summed E-state index contributed by atoms with van der Waals surface area (Å²) >= 11 is 6.74. The van der Waals surface area contributed by atoms with Crippen LogP contribution in [0, 0.1) is 5.92 Å². The number of nitrogens with one attached hydrogen (secondary N) is 2. The lowest BCUT2D eigenvalue weighted by Gasteiger charge is -2.14. The normalized spacial score (nSPS) is 13.8. The maximum atomic E-state index is 11.5. The van der Waals surface area contributed by atoms with Crippen molar-refractivity contribution in [3.8, 4) is 0 Å². The quantitative estimate of drug-likeness (QED) is 0.408. The number of rotatable bonds is 7. The summed E-state index contributed by atoms with van der Waals surface area (Å²) < 4.78 is 0. The molecule has 0 unspecified atom stereocenters. The first-order valence-corrected chi connectivity index (χ1v) is 8.25. The van der Waals surface area contributed by atoms with Crippen LogP contribution in [0.4, 0.5) is 5.69 Å². The largest absolute Gasteiger partial charge is 0.389 e. The van der Waals surface area contributed by atoms with Gasteiger partial charge in [-0.05, 0) is 31.2 Å². The maximum Gasteiger partial charge on any atom is 0.223 e. The Morgan fingerprint density at radius 2 is 2.20 bits per heavy atom. The minimum Gasteiger partial charge on any atom is -0.389 e. The van der Waals surface area contributed by atoms with Crippen LogP contribution < -0.4 is 16.4 Å². The molecule has 1 aromatic rings. The van der Waals surface area contributed by atoms with Gasteiger partial charge in [0, 0.05) is 35.2 Å². The van der Waals surface area contributed by atoms with Gasteiger partial charge in [0.15, 0.2) is 0 Å². The first-order valence-electron chi connectivity index (χ1n) is 6.62. The summed E-state index contributed by atoms with van der Waals surface area (Å²) in [5.41, 5.74) is 7.60. The lowest BCUT2D eigenvalue weighted by atomic mass is 10.1. The number of thiocarbonyl (C=S) groups is 1. The Labute approximate surface area is 128 Å².